The molecule has 0 radical (unpaired) electrons. The SMILES string of the molecule is O=C(COc1ccc(Cl)cc1)NNC(=O)CN(Cc1ccco1)Cc1ccco1. The number of hydrogen-bond acceptors (Lipinski definition) is 6. The van der Waals surface area contributed by atoms with Gasteiger partial charge in [-0.2, -0.15) is 0 Å². The zero-order valence-corrected chi connectivity index (χ0v) is 16.2. The summed E-state index contributed by atoms with van der Waals surface area (Å²) in [6.07, 6.45) is 3.14. The minimum absolute atomic E-state index is 0.0275. The Hall–Kier alpha value is -3.23. The summed E-state index contributed by atoms with van der Waals surface area (Å²) in [6.45, 7) is 0.605. The van der Waals surface area contributed by atoms with Gasteiger partial charge < -0.3 is 13.6 Å². The van der Waals surface area contributed by atoms with E-state index in [4.69, 9.17) is 25.2 Å². The molecule has 0 bridgehead atoms. The van der Waals surface area contributed by atoms with Crippen molar-refractivity contribution in [2.75, 3.05) is 13.2 Å². The third kappa shape index (κ3) is 7.02. The average Bonchev–Trinajstić information content (AvgIpc) is 3.40. The lowest BCUT2D eigenvalue weighted by atomic mass is 10.3. The topological polar surface area (TPSA) is 97.0 Å². The summed E-state index contributed by atoms with van der Waals surface area (Å²) in [5, 5.41) is 0.572. The first-order valence-corrected chi connectivity index (χ1v) is 9.19. The number of nitrogens with one attached hydrogen (secondary N) is 2. The molecule has 0 saturated heterocycles. The number of nitrogens with zero attached hydrogens (tertiary/aromatic N) is 1. The Morgan fingerprint density at radius 2 is 1.48 bits per heavy atom. The van der Waals surface area contributed by atoms with Crippen LogP contribution in [0.3, 0.4) is 0 Å². The minimum Gasteiger partial charge on any atom is -0.484 e. The molecule has 152 valence electrons. The Balaban J connectivity index is 1.44. The summed E-state index contributed by atoms with van der Waals surface area (Å²) in [4.78, 5) is 25.9. The van der Waals surface area contributed by atoms with Crippen LogP contribution >= 0.6 is 11.6 Å². The van der Waals surface area contributed by atoms with Crippen LogP contribution in [0.2, 0.25) is 5.02 Å². The molecule has 2 aromatic heterocycles. The smallest absolute Gasteiger partial charge is 0.276 e. The Labute approximate surface area is 172 Å². The van der Waals surface area contributed by atoms with Crippen molar-refractivity contribution in [2.24, 2.45) is 0 Å². The Bertz CT molecular complexity index is 859. The highest BCUT2D eigenvalue weighted by Crippen LogP contribution is 2.15. The third-order valence-corrected chi connectivity index (χ3v) is 4.06. The van der Waals surface area contributed by atoms with Crippen molar-refractivity contribution >= 4 is 23.4 Å². The van der Waals surface area contributed by atoms with E-state index in [0.717, 1.165) is 0 Å². The summed E-state index contributed by atoms with van der Waals surface area (Å²) in [6, 6.07) is 13.8. The van der Waals surface area contributed by atoms with Crippen LogP contribution in [0.4, 0.5) is 0 Å². The first kappa shape index (κ1) is 20.5. The van der Waals surface area contributed by atoms with Gasteiger partial charge in [0.25, 0.3) is 11.8 Å². The molecule has 0 spiro atoms. The fraction of sp³-hybridized carbons (Fsp3) is 0.200. The van der Waals surface area contributed by atoms with Gasteiger partial charge in [-0.3, -0.25) is 25.3 Å². The van der Waals surface area contributed by atoms with Crippen molar-refractivity contribution in [3.63, 3.8) is 0 Å². The van der Waals surface area contributed by atoms with E-state index in [1.807, 2.05) is 17.0 Å². The second-order valence-corrected chi connectivity index (χ2v) is 6.58. The number of hydrogen-bond donors (Lipinski definition) is 2. The molecule has 0 aliphatic rings. The van der Waals surface area contributed by atoms with Crippen LogP contribution in [0.15, 0.2) is 69.9 Å². The number of benzene rings is 1. The van der Waals surface area contributed by atoms with E-state index in [9.17, 15) is 9.59 Å². The summed E-state index contributed by atoms with van der Waals surface area (Å²) < 4.78 is 16.0. The van der Waals surface area contributed by atoms with Crippen LogP contribution in [0, 0.1) is 0 Å². The highest BCUT2D eigenvalue weighted by molar-refractivity contribution is 6.30. The van der Waals surface area contributed by atoms with E-state index >= 15 is 0 Å². The molecule has 2 amide bonds. The maximum atomic E-state index is 12.2. The predicted octanol–water partition coefficient (Wildman–Crippen LogP) is 2.75. The van der Waals surface area contributed by atoms with Crippen LogP contribution in [0.5, 0.6) is 5.75 Å². The molecule has 2 N–H and O–H groups in total. The molecule has 9 heteroatoms. The molecule has 0 aliphatic carbocycles. The highest BCUT2D eigenvalue weighted by Gasteiger charge is 2.15. The maximum absolute atomic E-state index is 12.2. The maximum Gasteiger partial charge on any atom is 0.276 e. The number of halogens is 1. The molecule has 3 rings (SSSR count). The molecule has 0 atom stereocenters. The lowest BCUT2D eigenvalue weighted by Gasteiger charge is -2.19. The molecular formula is C20H20ClN3O5. The van der Waals surface area contributed by atoms with E-state index in [1.54, 1.807) is 48.9 Å². The van der Waals surface area contributed by atoms with Crippen LogP contribution in [0.25, 0.3) is 0 Å². The summed E-state index contributed by atoms with van der Waals surface area (Å²) in [7, 11) is 0. The van der Waals surface area contributed by atoms with Gasteiger partial charge in [0.2, 0.25) is 0 Å². The Morgan fingerprint density at radius 3 is 2.03 bits per heavy atom. The monoisotopic (exact) mass is 417 g/mol. The van der Waals surface area contributed by atoms with Gasteiger partial charge in [0, 0.05) is 5.02 Å². The van der Waals surface area contributed by atoms with E-state index in [2.05, 4.69) is 10.9 Å². The van der Waals surface area contributed by atoms with Gasteiger partial charge in [0.1, 0.15) is 17.3 Å². The fourth-order valence-electron chi connectivity index (χ4n) is 2.51. The van der Waals surface area contributed by atoms with Crippen molar-refractivity contribution in [3.05, 3.63) is 77.6 Å². The normalized spacial score (nSPS) is 10.7. The van der Waals surface area contributed by atoms with Gasteiger partial charge in [-0.05, 0) is 48.5 Å². The molecular weight excluding hydrogens is 398 g/mol. The standard InChI is InChI=1S/C20H20ClN3O5/c21-15-5-7-16(8-6-15)29-14-20(26)23-22-19(25)13-24(11-17-3-1-9-27-17)12-18-4-2-10-28-18/h1-10H,11-14H2,(H,22,25)(H,23,26). The molecule has 1 aromatic carbocycles. The molecule has 3 aromatic rings. The Morgan fingerprint density at radius 1 is 0.897 bits per heavy atom. The second kappa shape index (κ2) is 10.4. The molecule has 0 saturated carbocycles. The number of rotatable bonds is 9. The highest BCUT2D eigenvalue weighted by atomic mass is 35.5. The lowest BCUT2D eigenvalue weighted by Crippen LogP contribution is -2.47. The molecule has 8 nitrogen and oxygen atoms in total. The van der Waals surface area contributed by atoms with Gasteiger partial charge >= 0.3 is 0 Å². The number of ether oxygens (including phenoxy) is 1. The number of hydrazine groups is 1. The lowest BCUT2D eigenvalue weighted by molar-refractivity contribution is -0.130. The van der Waals surface area contributed by atoms with Crippen molar-refractivity contribution < 1.29 is 23.2 Å². The zero-order valence-electron chi connectivity index (χ0n) is 15.5. The number of carbonyl (C=O) groups excluding carboxylic acids is 2. The fourth-order valence-corrected chi connectivity index (χ4v) is 2.64. The Kier molecular flexibility index (Phi) is 7.32. The first-order valence-electron chi connectivity index (χ1n) is 8.81. The number of amides is 2. The predicted molar refractivity (Wildman–Crippen MR) is 105 cm³/mol. The largest absolute Gasteiger partial charge is 0.484 e. The van der Waals surface area contributed by atoms with Gasteiger partial charge in [0.15, 0.2) is 6.61 Å². The van der Waals surface area contributed by atoms with Crippen molar-refractivity contribution in [1.29, 1.82) is 0 Å². The quantitative estimate of drug-likeness (QED) is 0.520. The summed E-state index contributed by atoms with van der Waals surface area (Å²) in [5.74, 6) is 1.05. The van der Waals surface area contributed by atoms with E-state index in [0.29, 0.717) is 35.4 Å². The van der Waals surface area contributed by atoms with Crippen LogP contribution in [0.1, 0.15) is 11.5 Å². The second-order valence-electron chi connectivity index (χ2n) is 6.14. The van der Waals surface area contributed by atoms with Crippen molar-refractivity contribution in [3.8, 4) is 5.75 Å². The third-order valence-electron chi connectivity index (χ3n) is 3.81. The van der Waals surface area contributed by atoms with Crippen molar-refractivity contribution in [2.45, 2.75) is 13.1 Å². The van der Waals surface area contributed by atoms with E-state index in [-0.39, 0.29) is 19.1 Å². The van der Waals surface area contributed by atoms with Crippen LogP contribution < -0.4 is 15.6 Å². The first-order chi connectivity index (χ1) is 14.1. The van der Waals surface area contributed by atoms with Crippen molar-refractivity contribution in [1.82, 2.24) is 15.8 Å². The molecule has 0 aliphatic heterocycles. The van der Waals surface area contributed by atoms with E-state index in [1.165, 1.54) is 0 Å². The van der Waals surface area contributed by atoms with E-state index < -0.39 is 5.91 Å². The molecule has 0 fully saturated rings. The average molecular weight is 418 g/mol. The molecule has 2 heterocycles. The van der Waals surface area contributed by atoms with Gasteiger partial charge in [0.05, 0.1) is 32.2 Å². The number of carbonyl (C=O) groups is 2. The molecule has 0 unspecified atom stereocenters. The zero-order chi connectivity index (χ0) is 20.5. The van der Waals surface area contributed by atoms with Gasteiger partial charge in [-0.25, -0.2) is 0 Å². The number of furan rings is 2. The van der Waals surface area contributed by atoms with Gasteiger partial charge in [-0.1, -0.05) is 11.6 Å². The minimum atomic E-state index is -0.489. The molecule has 29 heavy (non-hydrogen) atoms. The summed E-state index contributed by atoms with van der Waals surface area (Å²) in [5.41, 5.74) is 4.70. The van der Waals surface area contributed by atoms with Gasteiger partial charge in [-0.15, -0.1) is 0 Å². The van der Waals surface area contributed by atoms with Crippen LogP contribution in [-0.2, 0) is 22.7 Å². The summed E-state index contributed by atoms with van der Waals surface area (Å²) >= 11 is 5.79. The van der Waals surface area contributed by atoms with Crippen LogP contribution in [-0.4, -0.2) is 29.9 Å².